The summed E-state index contributed by atoms with van der Waals surface area (Å²) in [6.45, 7) is 1.43. The van der Waals surface area contributed by atoms with E-state index in [1.165, 1.54) is 21.1 Å². The maximum atomic E-state index is 11.6. The van der Waals surface area contributed by atoms with E-state index in [1.807, 2.05) is 0 Å². The second-order valence-electron chi connectivity index (χ2n) is 3.78. The van der Waals surface area contributed by atoms with E-state index in [0.717, 1.165) is 0 Å². The molecule has 1 aliphatic rings. The summed E-state index contributed by atoms with van der Waals surface area (Å²) in [5, 5.41) is 12.6. The molecule has 2 rings (SSSR count). The van der Waals surface area contributed by atoms with E-state index in [4.69, 9.17) is 9.47 Å². The number of ether oxygens (including phenoxy) is 2. The molecule has 0 spiro atoms. The number of benzene rings is 1. The number of aliphatic hydroxyl groups is 1. The van der Waals surface area contributed by atoms with Crippen molar-refractivity contribution < 1.29 is 19.4 Å². The van der Waals surface area contributed by atoms with Crippen LogP contribution in [0.4, 0.5) is 5.69 Å². The first kappa shape index (κ1) is 10.8. The van der Waals surface area contributed by atoms with Gasteiger partial charge in [0.05, 0.1) is 25.5 Å². The van der Waals surface area contributed by atoms with Crippen molar-refractivity contribution in [1.29, 1.82) is 0 Å². The number of fused-ring (bicyclic) bond motifs is 1. The Morgan fingerprint density at radius 2 is 2.00 bits per heavy atom. The van der Waals surface area contributed by atoms with Crippen molar-refractivity contribution in [2.24, 2.45) is 0 Å². The monoisotopic (exact) mass is 223 g/mol. The van der Waals surface area contributed by atoms with Crippen molar-refractivity contribution in [1.82, 2.24) is 0 Å². The van der Waals surface area contributed by atoms with Crippen LogP contribution in [0.1, 0.15) is 12.5 Å². The molecule has 1 aromatic rings. The fourth-order valence-corrected chi connectivity index (χ4v) is 1.83. The van der Waals surface area contributed by atoms with Gasteiger partial charge in [0, 0.05) is 12.1 Å². The lowest BCUT2D eigenvalue weighted by molar-refractivity contribution is -0.131. The second kappa shape index (κ2) is 3.38. The number of carbonyl (C=O) groups is 1. The molecule has 1 heterocycles. The molecule has 86 valence electrons. The normalized spacial score (nSPS) is 22.6. The summed E-state index contributed by atoms with van der Waals surface area (Å²) >= 11 is 0. The zero-order valence-corrected chi connectivity index (χ0v) is 9.33. The molecule has 1 aromatic carbocycles. The Morgan fingerprint density at radius 3 is 2.56 bits per heavy atom. The Balaban J connectivity index is 2.66. The van der Waals surface area contributed by atoms with Gasteiger partial charge in [0.1, 0.15) is 11.5 Å². The van der Waals surface area contributed by atoms with E-state index in [9.17, 15) is 9.90 Å². The number of nitrogens with one attached hydrogen (secondary N) is 1. The fourth-order valence-electron chi connectivity index (χ4n) is 1.83. The van der Waals surface area contributed by atoms with E-state index >= 15 is 0 Å². The van der Waals surface area contributed by atoms with Gasteiger partial charge >= 0.3 is 0 Å². The van der Waals surface area contributed by atoms with Crippen molar-refractivity contribution in [2.75, 3.05) is 19.5 Å². The number of rotatable bonds is 2. The van der Waals surface area contributed by atoms with Crippen LogP contribution in [0.5, 0.6) is 11.5 Å². The van der Waals surface area contributed by atoms with Gasteiger partial charge in [0.2, 0.25) is 0 Å². The minimum atomic E-state index is -1.56. The van der Waals surface area contributed by atoms with Crippen LogP contribution in [0, 0.1) is 0 Å². The zero-order valence-electron chi connectivity index (χ0n) is 9.33. The third kappa shape index (κ3) is 1.32. The third-order valence-corrected chi connectivity index (χ3v) is 2.71. The predicted molar refractivity (Wildman–Crippen MR) is 57.7 cm³/mol. The number of carbonyl (C=O) groups excluding carboxylic acids is 1. The van der Waals surface area contributed by atoms with Gasteiger partial charge in [-0.05, 0) is 6.92 Å². The second-order valence-corrected chi connectivity index (χ2v) is 3.78. The van der Waals surface area contributed by atoms with Gasteiger partial charge in [-0.1, -0.05) is 0 Å². The van der Waals surface area contributed by atoms with Crippen molar-refractivity contribution in [3.63, 3.8) is 0 Å². The van der Waals surface area contributed by atoms with E-state index in [2.05, 4.69) is 5.32 Å². The molecular weight excluding hydrogens is 210 g/mol. The Bertz CT molecular complexity index is 454. The molecule has 5 heteroatoms. The van der Waals surface area contributed by atoms with Crippen molar-refractivity contribution >= 4 is 11.6 Å². The van der Waals surface area contributed by atoms with E-state index in [0.29, 0.717) is 22.7 Å². The molecule has 5 nitrogen and oxygen atoms in total. The topological polar surface area (TPSA) is 67.8 Å². The summed E-state index contributed by atoms with van der Waals surface area (Å²) in [4.78, 5) is 11.6. The van der Waals surface area contributed by atoms with E-state index < -0.39 is 11.5 Å². The molecule has 0 saturated heterocycles. The van der Waals surface area contributed by atoms with Gasteiger partial charge in [-0.3, -0.25) is 4.79 Å². The first-order chi connectivity index (χ1) is 7.50. The van der Waals surface area contributed by atoms with Crippen LogP contribution in [0.15, 0.2) is 12.1 Å². The Labute approximate surface area is 93.0 Å². The average molecular weight is 223 g/mol. The molecule has 0 fully saturated rings. The first-order valence-electron chi connectivity index (χ1n) is 4.81. The molecule has 0 radical (unpaired) electrons. The summed E-state index contributed by atoms with van der Waals surface area (Å²) < 4.78 is 10.2. The molecular formula is C11H13NO4. The summed E-state index contributed by atoms with van der Waals surface area (Å²) in [5.74, 6) is 0.528. The molecule has 0 bridgehead atoms. The highest BCUT2D eigenvalue weighted by atomic mass is 16.5. The third-order valence-electron chi connectivity index (χ3n) is 2.71. The zero-order chi connectivity index (χ0) is 11.9. The minimum Gasteiger partial charge on any atom is -0.497 e. The molecule has 1 unspecified atom stereocenters. The number of amides is 1. The van der Waals surface area contributed by atoms with Crippen LogP contribution >= 0.6 is 0 Å². The smallest absolute Gasteiger partial charge is 0.260 e. The maximum absolute atomic E-state index is 11.6. The quantitative estimate of drug-likeness (QED) is 0.780. The highest BCUT2D eigenvalue weighted by Gasteiger charge is 2.43. The number of anilines is 1. The lowest BCUT2D eigenvalue weighted by atomic mass is 9.96. The van der Waals surface area contributed by atoms with Crippen molar-refractivity contribution in [2.45, 2.75) is 12.5 Å². The van der Waals surface area contributed by atoms with Crippen LogP contribution in [0.25, 0.3) is 0 Å². The number of hydrogen-bond acceptors (Lipinski definition) is 4. The lowest BCUT2D eigenvalue weighted by Gasteiger charge is -2.17. The minimum absolute atomic E-state index is 0.428. The van der Waals surface area contributed by atoms with Gasteiger partial charge in [-0.2, -0.15) is 0 Å². The van der Waals surface area contributed by atoms with E-state index in [-0.39, 0.29) is 0 Å². The van der Waals surface area contributed by atoms with Crippen LogP contribution in [-0.4, -0.2) is 25.2 Å². The van der Waals surface area contributed by atoms with Crippen LogP contribution in [0.3, 0.4) is 0 Å². The van der Waals surface area contributed by atoms with Gasteiger partial charge in [0.25, 0.3) is 5.91 Å². The van der Waals surface area contributed by atoms with Crippen LogP contribution in [0.2, 0.25) is 0 Å². The molecule has 1 atom stereocenters. The fraction of sp³-hybridized carbons (Fsp3) is 0.364. The maximum Gasteiger partial charge on any atom is 0.260 e. The number of methoxy groups -OCH3 is 2. The van der Waals surface area contributed by atoms with Gasteiger partial charge in [0.15, 0.2) is 5.60 Å². The summed E-state index contributed by atoms with van der Waals surface area (Å²) in [6, 6.07) is 3.28. The first-order valence-corrected chi connectivity index (χ1v) is 4.81. The number of hydrogen-bond donors (Lipinski definition) is 2. The molecule has 1 aliphatic heterocycles. The predicted octanol–water partition coefficient (Wildman–Crippen LogP) is 0.863. The molecule has 2 N–H and O–H groups in total. The summed E-state index contributed by atoms with van der Waals surface area (Å²) in [5.41, 5.74) is -0.598. The van der Waals surface area contributed by atoms with Crippen molar-refractivity contribution in [3.05, 3.63) is 17.7 Å². The SMILES string of the molecule is COc1cc2c(c(OC)c1)C(C)(O)C(=O)N2. The van der Waals surface area contributed by atoms with Gasteiger partial charge in [-0.25, -0.2) is 0 Å². The Hall–Kier alpha value is -1.75. The molecule has 0 aliphatic carbocycles. The highest BCUT2D eigenvalue weighted by Crippen LogP contribution is 2.44. The molecule has 0 saturated carbocycles. The van der Waals surface area contributed by atoms with Crippen LogP contribution in [-0.2, 0) is 10.4 Å². The summed E-state index contributed by atoms with van der Waals surface area (Å²) in [7, 11) is 3.00. The standard InChI is InChI=1S/C11H13NO4/c1-11(14)9-7(12-10(11)13)4-6(15-2)5-8(9)16-3/h4-5,14H,1-3H3,(H,12,13). The lowest BCUT2D eigenvalue weighted by Crippen LogP contribution is -2.30. The average Bonchev–Trinajstić information content (AvgIpc) is 2.49. The highest BCUT2D eigenvalue weighted by molar-refractivity contribution is 6.05. The van der Waals surface area contributed by atoms with Gasteiger partial charge in [-0.15, -0.1) is 0 Å². The Morgan fingerprint density at radius 1 is 1.31 bits per heavy atom. The van der Waals surface area contributed by atoms with E-state index in [1.54, 1.807) is 12.1 Å². The molecule has 0 aromatic heterocycles. The summed E-state index contributed by atoms with van der Waals surface area (Å²) in [6.07, 6.45) is 0. The van der Waals surface area contributed by atoms with Crippen molar-refractivity contribution in [3.8, 4) is 11.5 Å². The Kier molecular flexibility index (Phi) is 2.27. The van der Waals surface area contributed by atoms with Gasteiger partial charge < -0.3 is 19.9 Å². The largest absolute Gasteiger partial charge is 0.497 e. The van der Waals surface area contributed by atoms with Crippen LogP contribution < -0.4 is 14.8 Å². The molecule has 16 heavy (non-hydrogen) atoms. The molecule has 1 amide bonds.